The summed E-state index contributed by atoms with van der Waals surface area (Å²) in [6.07, 6.45) is -0.0635. The monoisotopic (exact) mass is 406 g/mol. The smallest absolute Gasteiger partial charge is 0.278 e. The van der Waals surface area contributed by atoms with Crippen molar-refractivity contribution in [1.29, 1.82) is 0 Å². The Balaban J connectivity index is 1.38. The van der Waals surface area contributed by atoms with Gasteiger partial charge < -0.3 is 14.0 Å². The molecule has 0 saturated heterocycles. The largest absolute Gasteiger partial charge is 0.494 e. The van der Waals surface area contributed by atoms with Gasteiger partial charge in [-0.3, -0.25) is 4.68 Å². The van der Waals surface area contributed by atoms with E-state index in [9.17, 15) is 4.39 Å². The molecule has 0 unspecified atom stereocenters. The van der Waals surface area contributed by atoms with Crippen LogP contribution in [0.3, 0.4) is 0 Å². The number of aromatic nitrogens is 4. The standard InChI is InChI=1S/C22H19FN4O3/c1-13-3-5-14(6-4-13)20-11-27-16(12-29-20)10-18(25-27)22-24-21(26-30-22)15-7-8-19(28-2)17(23)9-15/h3-10,20H,11-12H2,1-2H3/t20-/m0/s1. The highest BCUT2D eigenvalue weighted by Gasteiger charge is 2.24. The van der Waals surface area contributed by atoms with E-state index in [0.717, 1.165) is 11.3 Å². The van der Waals surface area contributed by atoms with E-state index in [4.69, 9.17) is 14.0 Å². The summed E-state index contributed by atoms with van der Waals surface area (Å²) in [5.74, 6) is 0.229. The van der Waals surface area contributed by atoms with Crippen molar-refractivity contribution in [2.45, 2.75) is 26.2 Å². The third-order valence-corrected chi connectivity index (χ3v) is 5.14. The van der Waals surface area contributed by atoms with Gasteiger partial charge in [-0.05, 0) is 36.8 Å². The van der Waals surface area contributed by atoms with Gasteiger partial charge in [0.2, 0.25) is 5.82 Å². The molecular formula is C22H19FN4O3. The Bertz CT molecular complexity index is 1200. The second-order valence-corrected chi connectivity index (χ2v) is 7.19. The molecule has 0 spiro atoms. The SMILES string of the molecule is COc1ccc(-c2noc(-c3cc4n(n3)C[C@@H](c3ccc(C)cc3)OC4)n2)cc1F. The van der Waals surface area contributed by atoms with E-state index < -0.39 is 5.82 Å². The van der Waals surface area contributed by atoms with Crippen LogP contribution < -0.4 is 4.74 Å². The molecule has 0 N–H and O–H groups in total. The average molecular weight is 406 g/mol. The van der Waals surface area contributed by atoms with Crippen molar-refractivity contribution in [2.75, 3.05) is 7.11 Å². The van der Waals surface area contributed by atoms with Crippen LogP contribution in [0.4, 0.5) is 4.39 Å². The van der Waals surface area contributed by atoms with E-state index in [1.807, 2.05) is 10.7 Å². The third kappa shape index (κ3) is 3.35. The number of aryl methyl sites for hydroxylation is 1. The van der Waals surface area contributed by atoms with Gasteiger partial charge in [0.25, 0.3) is 5.89 Å². The minimum atomic E-state index is -0.488. The Labute approximate surface area is 172 Å². The second-order valence-electron chi connectivity index (χ2n) is 7.19. The first-order chi connectivity index (χ1) is 14.6. The second kappa shape index (κ2) is 7.38. The fraction of sp³-hybridized carbons (Fsp3) is 0.227. The summed E-state index contributed by atoms with van der Waals surface area (Å²) in [6, 6.07) is 14.7. The van der Waals surface area contributed by atoms with Crippen LogP contribution in [0.25, 0.3) is 23.0 Å². The van der Waals surface area contributed by atoms with Gasteiger partial charge in [-0.1, -0.05) is 35.0 Å². The Morgan fingerprint density at radius 3 is 2.73 bits per heavy atom. The fourth-order valence-corrected chi connectivity index (χ4v) is 3.46. The molecule has 0 radical (unpaired) electrons. The van der Waals surface area contributed by atoms with Crippen molar-refractivity contribution < 1.29 is 18.4 Å². The first-order valence-electron chi connectivity index (χ1n) is 9.53. The summed E-state index contributed by atoms with van der Waals surface area (Å²) in [5, 5.41) is 8.57. The molecule has 8 heteroatoms. The van der Waals surface area contributed by atoms with Gasteiger partial charge in [0.1, 0.15) is 6.10 Å². The van der Waals surface area contributed by atoms with Crippen molar-refractivity contribution in [3.63, 3.8) is 0 Å². The molecule has 3 heterocycles. The normalized spacial score (nSPS) is 15.8. The van der Waals surface area contributed by atoms with Crippen LogP contribution in [-0.4, -0.2) is 27.0 Å². The first-order valence-corrected chi connectivity index (χ1v) is 9.53. The fourth-order valence-electron chi connectivity index (χ4n) is 3.46. The maximum atomic E-state index is 14.0. The zero-order chi connectivity index (χ0) is 20.7. The first kappa shape index (κ1) is 18.5. The molecular weight excluding hydrogens is 387 g/mol. The van der Waals surface area contributed by atoms with E-state index in [2.05, 4.69) is 46.4 Å². The molecule has 152 valence electrons. The zero-order valence-corrected chi connectivity index (χ0v) is 16.5. The molecule has 1 aliphatic heterocycles. The average Bonchev–Trinajstić information content (AvgIpc) is 3.41. The van der Waals surface area contributed by atoms with E-state index in [1.165, 1.54) is 24.8 Å². The van der Waals surface area contributed by atoms with Crippen LogP contribution >= 0.6 is 0 Å². The van der Waals surface area contributed by atoms with Gasteiger partial charge in [0.15, 0.2) is 17.3 Å². The van der Waals surface area contributed by atoms with Gasteiger partial charge in [-0.2, -0.15) is 10.1 Å². The predicted molar refractivity (Wildman–Crippen MR) is 106 cm³/mol. The van der Waals surface area contributed by atoms with Crippen LogP contribution in [0.2, 0.25) is 0 Å². The molecule has 0 fully saturated rings. The lowest BCUT2D eigenvalue weighted by Gasteiger charge is -2.24. The molecule has 5 rings (SSSR count). The molecule has 2 aromatic carbocycles. The number of halogens is 1. The number of hydrogen-bond acceptors (Lipinski definition) is 6. The van der Waals surface area contributed by atoms with Gasteiger partial charge in [0.05, 0.1) is 26.0 Å². The summed E-state index contributed by atoms with van der Waals surface area (Å²) in [5.41, 5.74) is 4.31. The van der Waals surface area contributed by atoms with Crippen molar-refractivity contribution in [3.8, 4) is 28.7 Å². The lowest BCUT2D eigenvalue weighted by atomic mass is 10.1. The molecule has 0 aliphatic carbocycles. The summed E-state index contributed by atoms with van der Waals surface area (Å²) in [7, 11) is 1.41. The number of hydrogen-bond donors (Lipinski definition) is 0. The number of methoxy groups -OCH3 is 1. The number of benzene rings is 2. The minimum absolute atomic E-state index is 0.0635. The number of rotatable bonds is 4. The number of fused-ring (bicyclic) bond motifs is 1. The van der Waals surface area contributed by atoms with Crippen LogP contribution in [0.1, 0.15) is 22.9 Å². The topological polar surface area (TPSA) is 75.2 Å². The van der Waals surface area contributed by atoms with E-state index >= 15 is 0 Å². The summed E-state index contributed by atoms with van der Waals surface area (Å²) >= 11 is 0. The molecule has 1 aliphatic rings. The van der Waals surface area contributed by atoms with Gasteiger partial charge in [-0.25, -0.2) is 4.39 Å². The quantitative estimate of drug-likeness (QED) is 0.502. The van der Waals surface area contributed by atoms with E-state index in [0.29, 0.717) is 24.4 Å². The maximum absolute atomic E-state index is 14.0. The Hall–Kier alpha value is -3.52. The van der Waals surface area contributed by atoms with E-state index in [1.54, 1.807) is 6.07 Å². The van der Waals surface area contributed by atoms with Crippen molar-refractivity contribution in [2.24, 2.45) is 0 Å². The summed E-state index contributed by atoms with van der Waals surface area (Å²) < 4.78 is 32.2. The molecule has 4 aromatic rings. The van der Waals surface area contributed by atoms with Gasteiger partial charge >= 0.3 is 0 Å². The predicted octanol–water partition coefficient (Wildman–Crippen LogP) is 4.33. The van der Waals surface area contributed by atoms with Gasteiger partial charge in [-0.15, -0.1) is 0 Å². The van der Waals surface area contributed by atoms with Crippen molar-refractivity contribution >= 4 is 0 Å². The molecule has 2 aromatic heterocycles. The Morgan fingerprint density at radius 1 is 1.13 bits per heavy atom. The van der Waals surface area contributed by atoms with E-state index in [-0.39, 0.29) is 23.6 Å². The van der Waals surface area contributed by atoms with Crippen molar-refractivity contribution in [1.82, 2.24) is 19.9 Å². The molecule has 30 heavy (non-hydrogen) atoms. The van der Waals surface area contributed by atoms with Crippen LogP contribution in [0.15, 0.2) is 53.1 Å². The highest BCUT2D eigenvalue weighted by atomic mass is 19.1. The lowest BCUT2D eigenvalue weighted by Crippen LogP contribution is -2.21. The summed E-state index contributed by atoms with van der Waals surface area (Å²) in [4.78, 5) is 4.38. The third-order valence-electron chi connectivity index (χ3n) is 5.14. The summed E-state index contributed by atoms with van der Waals surface area (Å²) in [6.45, 7) is 3.10. The van der Waals surface area contributed by atoms with Crippen LogP contribution in [-0.2, 0) is 17.9 Å². The number of nitrogens with zero attached hydrogens (tertiary/aromatic N) is 4. The molecule has 0 saturated carbocycles. The van der Waals surface area contributed by atoms with Gasteiger partial charge in [0, 0.05) is 5.56 Å². The lowest BCUT2D eigenvalue weighted by molar-refractivity contribution is -0.00113. The molecule has 7 nitrogen and oxygen atoms in total. The Morgan fingerprint density at radius 2 is 1.97 bits per heavy atom. The maximum Gasteiger partial charge on any atom is 0.278 e. The molecule has 0 amide bonds. The molecule has 1 atom stereocenters. The van der Waals surface area contributed by atoms with Crippen molar-refractivity contribution in [3.05, 3.63) is 71.2 Å². The minimum Gasteiger partial charge on any atom is -0.494 e. The highest BCUT2D eigenvalue weighted by molar-refractivity contribution is 5.59. The van der Waals surface area contributed by atoms with Crippen LogP contribution in [0, 0.1) is 12.7 Å². The highest BCUT2D eigenvalue weighted by Crippen LogP contribution is 2.30. The number of ether oxygens (including phenoxy) is 2. The van der Waals surface area contributed by atoms with Crippen LogP contribution in [0.5, 0.6) is 5.75 Å². The zero-order valence-electron chi connectivity index (χ0n) is 16.5. The Kier molecular flexibility index (Phi) is 4.55. The molecule has 0 bridgehead atoms.